The molecule has 1 amide bonds. The second-order valence-corrected chi connectivity index (χ2v) is 9.52. The van der Waals surface area contributed by atoms with Crippen LogP contribution < -0.4 is 5.56 Å². The van der Waals surface area contributed by atoms with E-state index in [0.29, 0.717) is 24.1 Å². The van der Waals surface area contributed by atoms with Crippen LogP contribution in [0.1, 0.15) is 90.0 Å². The number of aromatic amines is 1. The van der Waals surface area contributed by atoms with Gasteiger partial charge in [0.1, 0.15) is 5.82 Å². The molecule has 1 aliphatic heterocycles. The third-order valence-electron chi connectivity index (χ3n) is 7.35. The molecule has 1 unspecified atom stereocenters. The summed E-state index contributed by atoms with van der Waals surface area (Å²) < 4.78 is 1.87. The molecule has 1 atom stereocenters. The van der Waals surface area contributed by atoms with Gasteiger partial charge >= 0.3 is 0 Å². The number of hydrogen-bond donors (Lipinski definition) is 1. The van der Waals surface area contributed by atoms with Gasteiger partial charge in [0.05, 0.1) is 5.69 Å². The zero-order chi connectivity index (χ0) is 19.8. The standard InChI is InChI=1S/C22H27N5O2/c1-26-17(13-3-4-13)11-16(25-26)21(29)27-10-2-8-22(12-27)9-7-15-18(22)23-19(14-5-6-14)24-20(15)28/h11,13-14H,2-10,12H2,1H3,(H,23,24,28). The van der Waals surface area contributed by atoms with E-state index in [9.17, 15) is 9.59 Å². The van der Waals surface area contributed by atoms with Crippen molar-refractivity contribution in [2.45, 2.75) is 68.6 Å². The van der Waals surface area contributed by atoms with Crippen molar-refractivity contribution in [2.24, 2.45) is 7.05 Å². The minimum absolute atomic E-state index is 0.0206. The minimum Gasteiger partial charge on any atom is -0.336 e. The molecule has 1 N–H and O–H groups in total. The molecule has 3 aliphatic carbocycles. The molecule has 2 aromatic heterocycles. The van der Waals surface area contributed by atoms with Crippen molar-refractivity contribution in [1.82, 2.24) is 24.6 Å². The number of nitrogens with one attached hydrogen (secondary N) is 1. The first-order valence-electron chi connectivity index (χ1n) is 11.0. The molecule has 7 nitrogen and oxygen atoms in total. The van der Waals surface area contributed by atoms with E-state index in [4.69, 9.17) is 4.98 Å². The lowest BCUT2D eigenvalue weighted by Crippen LogP contribution is -2.48. The lowest BCUT2D eigenvalue weighted by Gasteiger charge is -2.40. The highest BCUT2D eigenvalue weighted by Gasteiger charge is 2.46. The first-order valence-corrected chi connectivity index (χ1v) is 11.0. The first-order chi connectivity index (χ1) is 14.0. The molecular formula is C22H27N5O2. The molecule has 29 heavy (non-hydrogen) atoms. The van der Waals surface area contributed by atoms with Gasteiger partial charge in [-0.3, -0.25) is 14.3 Å². The molecule has 6 rings (SSSR count). The van der Waals surface area contributed by atoms with E-state index >= 15 is 0 Å². The number of fused-ring (bicyclic) bond motifs is 2. The second-order valence-electron chi connectivity index (χ2n) is 9.52. The zero-order valence-corrected chi connectivity index (χ0v) is 16.9. The lowest BCUT2D eigenvalue weighted by atomic mass is 9.77. The van der Waals surface area contributed by atoms with Gasteiger partial charge in [0.2, 0.25) is 0 Å². The van der Waals surface area contributed by atoms with Crippen molar-refractivity contribution >= 4 is 5.91 Å². The van der Waals surface area contributed by atoms with Crippen LogP contribution in [0.25, 0.3) is 0 Å². The fourth-order valence-electron chi connectivity index (χ4n) is 5.43. The van der Waals surface area contributed by atoms with Crippen LogP contribution in [-0.2, 0) is 18.9 Å². The number of rotatable bonds is 3. The van der Waals surface area contributed by atoms with Gasteiger partial charge in [-0.2, -0.15) is 5.10 Å². The summed E-state index contributed by atoms with van der Waals surface area (Å²) in [5, 5.41) is 4.52. The van der Waals surface area contributed by atoms with E-state index in [0.717, 1.165) is 62.2 Å². The molecular weight excluding hydrogens is 366 g/mol. The monoisotopic (exact) mass is 393 g/mol. The van der Waals surface area contributed by atoms with Crippen LogP contribution in [-0.4, -0.2) is 43.6 Å². The Balaban J connectivity index is 1.31. The fourth-order valence-corrected chi connectivity index (χ4v) is 5.43. The van der Waals surface area contributed by atoms with Crippen LogP contribution >= 0.6 is 0 Å². The van der Waals surface area contributed by atoms with Crippen molar-refractivity contribution in [1.29, 1.82) is 0 Å². The van der Waals surface area contributed by atoms with E-state index in [2.05, 4.69) is 10.1 Å². The number of hydrogen-bond acceptors (Lipinski definition) is 4. The molecule has 0 aromatic carbocycles. The van der Waals surface area contributed by atoms with Gasteiger partial charge in [-0.1, -0.05) is 0 Å². The van der Waals surface area contributed by atoms with E-state index in [1.54, 1.807) is 0 Å². The normalized spacial score (nSPS) is 26.2. The average Bonchev–Trinajstić information content (AvgIpc) is 3.64. The predicted molar refractivity (Wildman–Crippen MR) is 107 cm³/mol. The average molecular weight is 393 g/mol. The van der Waals surface area contributed by atoms with Crippen LogP contribution in [0.4, 0.5) is 0 Å². The summed E-state index contributed by atoms with van der Waals surface area (Å²) in [7, 11) is 1.94. The van der Waals surface area contributed by atoms with Crippen LogP contribution in [0.15, 0.2) is 10.9 Å². The summed E-state index contributed by atoms with van der Waals surface area (Å²) in [4.78, 5) is 35.9. The molecule has 0 bridgehead atoms. The minimum atomic E-state index is -0.171. The van der Waals surface area contributed by atoms with Crippen LogP contribution in [0, 0.1) is 0 Å². The van der Waals surface area contributed by atoms with E-state index in [-0.39, 0.29) is 16.9 Å². The number of amides is 1. The van der Waals surface area contributed by atoms with Gasteiger partial charge in [-0.25, -0.2) is 4.98 Å². The molecule has 3 fully saturated rings. The third kappa shape index (κ3) is 2.77. The van der Waals surface area contributed by atoms with Crippen molar-refractivity contribution in [3.05, 3.63) is 44.9 Å². The summed E-state index contributed by atoms with van der Waals surface area (Å²) in [5.41, 5.74) is 3.42. The Kier molecular flexibility index (Phi) is 3.62. The Morgan fingerprint density at radius 1 is 1.21 bits per heavy atom. The Morgan fingerprint density at radius 3 is 2.76 bits per heavy atom. The highest BCUT2D eigenvalue weighted by Crippen LogP contribution is 2.45. The number of likely N-dealkylation sites (tertiary alicyclic amines) is 1. The van der Waals surface area contributed by atoms with Crippen LogP contribution in [0.3, 0.4) is 0 Å². The van der Waals surface area contributed by atoms with E-state index in [1.807, 2.05) is 22.7 Å². The largest absolute Gasteiger partial charge is 0.336 e. The zero-order valence-electron chi connectivity index (χ0n) is 16.9. The van der Waals surface area contributed by atoms with Crippen LogP contribution in [0.5, 0.6) is 0 Å². The van der Waals surface area contributed by atoms with E-state index < -0.39 is 0 Å². The lowest BCUT2D eigenvalue weighted by molar-refractivity contribution is 0.0626. The predicted octanol–water partition coefficient (Wildman–Crippen LogP) is 2.38. The molecule has 7 heteroatoms. The number of aryl methyl sites for hydroxylation is 1. The number of H-pyrrole nitrogens is 1. The topological polar surface area (TPSA) is 83.9 Å². The van der Waals surface area contributed by atoms with Crippen molar-refractivity contribution in [3.63, 3.8) is 0 Å². The number of nitrogens with zero attached hydrogens (tertiary/aromatic N) is 4. The Morgan fingerprint density at radius 2 is 2.00 bits per heavy atom. The maximum atomic E-state index is 13.3. The number of aromatic nitrogens is 4. The number of carbonyl (C=O) groups excluding carboxylic acids is 1. The maximum Gasteiger partial charge on any atom is 0.274 e. The smallest absolute Gasteiger partial charge is 0.274 e. The highest BCUT2D eigenvalue weighted by atomic mass is 16.2. The number of carbonyl (C=O) groups is 1. The molecule has 4 aliphatic rings. The summed E-state index contributed by atoms with van der Waals surface area (Å²) in [5.74, 6) is 1.87. The van der Waals surface area contributed by atoms with Gasteiger partial charge in [-0.15, -0.1) is 0 Å². The van der Waals surface area contributed by atoms with Gasteiger partial charge in [0.25, 0.3) is 11.5 Å². The molecule has 3 heterocycles. The molecule has 152 valence electrons. The molecule has 2 aromatic rings. The van der Waals surface area contributed by atoms with Gasteiger partial charge in [0.15, 0.2) is 5.69 Å². The van der Waals surface area contributed by atoms with Gasteiger partial charge in [0, 0.05) is 48.6 Å². The quantitative estimate of drug-likeness (QED) is 0.868. The van der Waals surface area contributed by atoms with Crippen molar-refractivity contribution < 1.29 is 4.79 Å². The van der Waals surface area contributed by atoms with Gasteiger partial charge < -0.3 is 9.88 Å². The molecule has 2 saturated carbocycles. The summed E-state index contributed by atoms with van der Waals surface area (Å²) >= 11 is 0. The summed E-state index contributed by atoms with van der Waals surface area (Å²) in [6, 6.07) is 1.98. The fraction of sp³-hybridized carbons (Fsp3) is 0.636. The second kappa shape index (κ2) is 6.03. The van der Waals surface area contributed by atoms with E-state index in [1.165, 1.54) is 18.5 Å². The maximum absolute atomic E-state index is 13.3. The van der Waals surface area contributed by atoms with Crippen LogP contribution in [0.2, 0.25) is 0 Å². The first kappa shape index (κ1) is 17.4. The molecule has 0 radical (unpaired) electrons. The van der Waals surface area contributed by atoms with Gasteiger partial charge in [-0.05, 0) is 57.4 Å². The van der Waals surface area contributed by atoms with Crippen molar-refractivity contribution in [3.8, 4) is 0 Å². The Bertz CT molecular complexity index is 1060. The summed E-state index contributed by atoms with van der Waals surface area (Å²) in [6.45, 7) is 1.40. The Labute approximate surface area is 169 Å². The van der Waals surface area contributed by atoms with Crippen molar-refractivity contribution in [2.75, 3.05) is 13.1 Å². The third-order valence-corrected chi connectivity index (χ3v) is 7.35. The molecule has 1 saturated heterocycles. The Hall–Kier alpha value is -2.44. The summed E-state index contributed by atoms with van der Waals surface area (Å²) in [6.07, 6.45) is 8.23. The highest BCUT2D eigenvalue weighted by molar-refractivity contribution is 5.92. The molecule has 1 spiro atoms. The SMILES string of the molecule is Cn1nc(C(=O)N2CCCC3(CCc4c3nc(C3CC3)[nH]c4=O)C2)cc1C1CC1. The number of piperidine rings is 1.